The summed E-state index contributed by atoms with van der Waals surface area (Å²) >= 11 is 0. The van der Waals surface area contributed by atoms with Crippen molar-refractivity contribution in [2.24, 2.45) is 17.6 Å². The van der Waals surface area contributed by atoms with E-state index in [1.54, 1.807) is 4.90 Å². The molecule has 0 spiro atoms. The fourth-order valence-electron chi connectivity index (χ4n) is 4.19. The first-order valence-electron chi connectivity index (χ1n) is 11.1. The predicted octanol–water partition coefficient (Wildman–Crippen LogP) is 0.903. The topological polar surface area (TPSA) is 210 Å². The van der Waals surface area contributed by atoms with Gasteiger partial charge in [0.25, 0.3) is 20.2 Å². The van der Waals surface area contributed by atoms with Crippen LogP contribution in [0.1, 0.15) is 10.4 Å². The van der Waals surface area contributed by atoms with Gasteiger partial charge in [-0.15, -0.1) is 0 Å². The number of hydrogen-bond donors (Lipinski definition) is 4. The van der Waals surface area contributed by atoms with Crippen LogP contribution in [0, 0.1) is 29.3 Å². The van der Waals surface area contributed by atoms with Gasteiger partial charge in [-0.1, -0.05) is 0 Å². The molecule has 1 saturated heterocycles. The number of carboxylic acid groups (broad SMARTS) is 1. The number of hydrogen-bond acceptors (Lipinski definition) is 9. The van der Waals surface area contributed by atoms with Crippen LogP contribution in [0.15, 0.2) is 35.3 Å². The molecule has 5 rings (SSSR count). The number of benzene rings is 1. The van der Waals surface area contributed by atoms with Crippen LogP contribution in [0.25, 0.3) is 16.7 Å². The lowest BCUT2D eigenvalue weighted by Gasteiger charge is -2.22. The second-order valence-electron chi connectivity index (χ2n) is 9.08. The van der Waals surface area contributed by atoms with Crippen LogP contribution in [-0.2, 0) is 20.2 Å². The van der Waals surface area contributed by atoms with Gasteiger partial charge in [0, 0.05) is 31.4 Å². The van der Waals surface area contributed by atoms with Gasteiger partial charge in [-0.2, -0.15) is 16.8 Å². The van der Waals surface area contributed by atoms with Crippen molar-refractivity contribution in [2.45, 2.75) is 6.04 Å². The van der Waals surface area contributed by atoms with Crippen LogP contribution in [-0.4, -0.2) is 78.2 Å². The number of aromatic nitrogens is 2. The fourth-order valence-corrected chi connectivity index (χ4v) is 4.19. The van der Waals surface area contributed by atoms with Crippen molar-refractivity contribution in [3.63, 3.8) is 0 Å². The van der Waals surface area contributed by atoms with E-state index in [1.807, 2.05) is 0 Å². The molecule has 2 fully saturated rings. The van der Waals surface area contributed by atoms with Crippen LogP contribution >= 0.6 is 0 Å². The first-order chi connectivity index (χ1) is 18.3. The third-order valence-corrected chi connectivity index (χ3v) is 5.87. The summed E-state index contributed by atoms with van der Waals surface area (Å²) in [6.07, 6.45) is 2.34. The fraction of sp³-hybridized carbons (Fsp3) is 0.318. The van der Waals surface area contributed by atoms with Gasteiger partial charge >= 0.3 is 5.97 Å². The summed E-state index contributed by atoms with van der Waals surface area (Å²) in [5.41, 5.74) is 3.94. The zero-order valence-electron chi connectivity index (χ0n) is 20.7. The lowest BCUT2D eigenvalue weighted by Crippen LogP contribution is -2.30. The zero-order valence-corrected chi connectivity index (χ0v) is 22.3. The molecule has 5 N–H and O–H groups in total. The van der Waals surface area contributed by atoms with E-state index in [4.69, 9.17) is 14.8 Å². The molecular formula is C22H23F3N4O9S2. The molecule has 40 heavy (non-hydrogen) atoms. The average molecular weight is 609 g/mol. The Bertz CT molecular complexity index is 1710. The third-order valence-electron chi connectivity index (χ3n) is 5.87. The maximum Gasteiger partial charge on any atom is 0.341 e. The van der Waals surface area contributed by atoms with Gasteiger partial charge in [-0.3, -0.25) is 18.5 Å². The van der Waals surface area contributed by atoms with Crippen molar-refractivity contribution >= 4 is 43.1 Å². The van der Waals surface area contributed by atoms with Gasteiger partial charge in [-0.25, -0.2) is 22.9 Å². The summed E-state index contributed by atoms with van der Waals surface area (Å²) in [4.78, 5) is 30.1. The van der Waals surface area contributed by atoms with Crippen LogP contribution in [0.4, 0.5) is 19.0 Å². The maximum absolute atomic E-state index is 14.8. The standard InChI is InChI=1S/C20H15F3N4O3.2CH4O3S/c21-8-1-2-15(13(22)3-8)27-7-12(20(29)30)17(28)9-4-14(23)19(25-18(9)27)26-5-10-11(6-26)16(10)24;2*1-5(2,3)4/h1-4,7,10-11,16H,5-6,24H2,(H,29,30);2*1H3,(H,2,3,4)/t10-,11+,16?;;. The molecule has 218 valence electrons. The van der Waals surface area contributed by atoms with Gasteiger partial charge in [0.2, 0.25) is 5.43 Å². The number of nitrogens with two attached hydrogens (primary N) is 1. The summed E-state index contributed by atoms with van der Waals surface area (Å²) in [5.74, 6) is -3.70. The highest BCUT2D eigenvalue weighted by Gasteiger charge is 2.54. The second kappa shape index (κ2) is 11.1. The lowest BCUT2D eigenvalue weighted by molar-refractivity contribution is 0.0695. The van der Waals surface area contributed by atoms with Gasteiger partial charge in [0.05, 0.1) is 23.6 Å². The highest BCUT2D eigenvalue weighted by molar-refractivity contribution is 7.85. The molecule has 2 aromatic heterocycles. The molecular weight excluding hydrogens is 585 g/mol. The third kappa shape index (κ3) is 7.54. The molecule has 13 nitrogen and oxygen atoms in total. The van der Waals surface area contributed by atoms with E-state index in [0.717, 1.165) is 29.0 Å². The highest BCUT2D eigenvalue weighted by Crippen LogP contribution is 2.45. The number of carboxylic acids is 1. The molecule has 0 radical (unpaired) electrons. The van der Waals surface area contributed by atoms with Crippen molar-refractivity contribution in [2.75, 3.05) is 30.5 Å². The highest BCUT2D eigenvalue weighted by atomic mass is 32.2. The Morgan fingerprint density at radius 2 is 1.52 bits per heavy atom. The van der Waals surface area contributed by atoms with Crippen LogP contribution < -0.4 is 16.1 Å². The molecule has 18 heteroatoms. The van der Waals surface area contributed by atoms with E-state index in [-0.39, 0.29) is 40.4 Å². The Morgan fingerprint density at radius 3 is 2.00 bits per heavy atom. The number of aromatic carboxylic acids is 1. The summed E-state index contributed by atoms with van der Waals surface area (Å²) in [6.45, 7) is 1.01. The Kier molecular flexibility index (Phi) is 8.61. The smallest absolute Gasteiger partial charge is 0.341 e. The van der Waals surface area contributed by atoms with Crippen LogP contribution in [0.2, 0.25) is 0 Å². The van der Waals surface area contributed by atoms with Crippen molar-refractivity contribution in [1.82, 2.24) is 9.55 Å². The minimum absolute atomic E-state index is 0.0272. The van der Waals surface area contributed by atoms with E-state index in [0.29, 0.717) is 31.7 Å². The number of halogens is 3. The summed E-state index contributed by atoms with van der Waals surface area (Å²) in [5, 5.41) is 9.05. The van der Waals surface area contributed by atoms with E-state index in [1.165, 1.54) is 0 Å². The van der Waals surface area contributed by atoms with E-state index < -0.39 is 54.6 Å². The summed E-state index contributed by atoms with van der Waals surface area (Å²) in [7, 11) is -7.33. The van der Waals surface area contributed by atoms with Gasteiger partial charge in [0.15, 0.2) is 17.3 Å². The van der Waals surface area contributed by atoms with E-state index in [9.17, 15) is 44.7 Å². The van der Waals surface area contributed by atoms with Gasteiger partial charge < -0.3 is 15.7 Å². The molecule has 2 aliphatic rings. The molecule has 1 unspecified atom stereocenters. The Balaban J connectivity index is 0.000000381. The number of piperidine rings is 1. The number of nitrogens with zero attached hydrogens (tertiary/aromatic N) is 3. The Morgan fingerprint density at radius 1 is 1.00 bits per heavy atom. The van der Waals surface area contributed by atoms with Gasteiger partial charge in [-0.05, 0) is 30.0 Å². The van der Waals surface area contributed by atoms with Crippen LogP contribution in [0.5, 0.6) is 0 Å². The predicted molar refractivity (Wildman–Crippen MR) is 136 cm³/mol. The first kappa shape index (κ1) is 31.0. The molecule has 1 aliphatic heterocycles. The minimum atomic E-state index is -3.67. The summed E-state index contributed by atoms with van der Waals surface area (Å²) < 4.78 is 95.4. The Labute approximate surface area is 225 Å². The minimum Gasteiger partial charge on any atom is -0.477 e. The molecule has 3 heterocycles. The molecule has 3 atom stereocenters. The largest absolute Gasteiger partial charge is 0.477 e. The number of fused-ring (bicyclic) bond motifs is 2. The molecule has 1 saturated carbocycles. The molecule has 1 aliphatic carbocycles. The van der Waals surface area contributed by atoms with Crippen LogP contribution in [0.3, 0.4) is 0 Å². The zero-order chi connectivity index (χ0) is 30.3. The number of rotatable bonds is 3. The van der Waals surface area contributed by atoms with Crippen molar-refractivity contribution in [1.29, 1.82) is 0 Å². The van der Waals surface area contributed by atoms with E-state index >= 15 is 0 Å². The van der Waals surface area contributed by atoms with E-state index in [2.05, 4.69) is 4.98 Å². The number of pyridine rings is 2. The maximum atomic E-state index is 14.8. The van der Waals surface area contributed by atoms with Crippen molar-refractivity contribution in [3.8, 4) is 5.69 Å². The molecule has 0 amide bonds. The lowest BCUT2D eigenvalue weighted by atomic mass is 10.1. The quantitative estimate of drug-likeness (QED) is 0.306. The molecule has 1 aromatic carbocycles. The Hall–Kier alpha value is -3.58. The summed E-state index contributed by atoms with van der Waals surface area (Å²) in [6, 6.07) is 3.69. The second-order valence-corrected chi connectivity index (χ2v) is 12.0. The number of anilines is 1. The van der Waals surface area contributed by atoms with Crippen molar-refractivity contribution in [3.05, 3.63) is 63.7 Å². The molecule has 3 aromatic rings. The normalized spacial score (nSPS) is 19.7. The van der Waals surface area contributed by atoms with Gasteiger partial charge in [0.1, 0.15) is 17.2 Å². The SMILES string of the molecule is CS(=O)(=O)O.CS(=O)(=O)O.NC1[C@H]2CN(c3nc4c(cc3F)c(=O)c(C(=O)O)cn4-c3ccc(F)cc3F)C[C@@H]12. The van der Waals surface area contributed by atoms with Crippen molar-refractivity contribution < 1.29 is 49.0 Å². The average Bonchev–Trinajstić information content (AvgIpc) is 3.17. The monoisotopic (exact) mass is 608 g/mol. The number of carbonyl (C=O) groups is 1. The molecule has 0 bridgehead atoms. The first-order valence-corrected chi connectivity index (χ1v) is 14.8.